The van der Waals surface area contributed by atoms with E-state index >= 15 is 0 Å². The van der Waals surface area contributed by atoms with Gasteiger partial charge in [0.25, 0.3) is 0 Å². The first-order chi connectivity index (χ1) is 6.58. The maximum atomic E-state index is 11.7. The number of hydrogen-bond acceptors (Lipinski definition) is 2. The van der Waals surface area contributed by atoms with Crippen LogP contribution in [0.1, 0.15) is 39.5 Å². The first-order valence-corrected chi connectivity index (χ1v) is 5.38. The zero-order valence-corrected chi connectivity index (χ0v) is 8.88. The van der Waals surface area contributed by atoms with E-state index in [4.69, 9.17) is 0 Å². The van der Waals surface area contributed by atoms with Crippen molar-refractivity contribution in [2.45, 2.75) is 45.6 Å². The summed E-state index contributed by atoms with van der Waals surface area (Å²) < 4.78 is 0. The number of rotatable bonds is 2. The van der Waals surface area contributed by atoms with E-state index in [-0.39, 0.29) is 17.7 Å². The molecule has 2 aliphatic rings. The van der Waals surface area contributed by atoms with Gasteiger partial charge in [-0.15, -0.1) is 0 Å². The lowest BCUT2D eigenvalue weighted by Gasteiger charge is -2.21. The summed E-state index contributed by atoms with van der Waals surface area (Å²) in [5.74, 6) is 0.282. The van der Waals surface area contributed by atoms with Crippen LogP contribution < -0.4 is 0 Å². The first-order valence-electron chi connectivity index (χ1n) is 5.38. The summed E-state index contributed by atoms with van der Waals surface area (Å²) in [6.45, 7) is 4.26. The van der Waals surface area contributed by atoms with Crippen LogP contribution in [0.5, 0.6) is 0 Å². The molecule has 0 unspecified atom stereocenters. The molecule has 2 fully saturated rings. The Labute approximate surface area is 84.5 Å². The number of likely N-dealkylation sites (tertiary alicyclic amines) is 1. The minimum atomic E-state index is -0.111. The van der Waals surface area contributed by atoms with E-state index in [0.717, 1.165) is 13.0 Å². The van der Waals surface area contributed by atoms with Gasteiger partial charge in [0.1, 0.15) is 0 Å². The molecule has 0 aromatic carbocycles. The summed E-state index contributed by atoms with van der Waals surface area (Å²) in [6, 6.07) is -0.111. The van der Waals surface area contributed by atoms with Crippen LogP contribution in [-0.4, -0.2) is 29.2 Å². The van der Waals surface area contributed by atoms with Gasteiger partial charge in [0.15, 0.2) is 5.78 Å². The zero-order valence-electron chi connectivity index (χ0n) is 8.88. The van der Waals surface area contributed by atoms with Crippen molar-refractivity contribution in [1.82, 2.24) is 4.90 Å². The smallest absolute Gasteiger partial charge is 0.220 e. The molecule has 0 N–H and O–H groups in total. The third-order valence-electron chi connectivity index (χ3n) is 3.59. The van der Waals surface area contributed by atoms with Crippen LogP contribution in [0.4, 0.5) is 0 Å². The number of carbonyl (C=O) groups is 2. The van der Waals surface area contributed by atoms with Crippen LogP contribution in [0.25, 0.3) is 0 Å². The molecule has 1 aliphatic carbocycles. The molecule has 3 heteroatoms. The Hall–Kier alpha value is -0.860. The standard InChI is InChI=1S/C11H17NO2/c1-3-10(14)9-6-11(4-5-11)7-12(9)8(2)13/h9H,3-7H2,1-2H3/t9-/m0/s1. The molecule has 2 rings (SSSR count). The zero-order chi connectivity index (χ0) is 10.3. The molecule has 0 aromatic heterocycles. The maximum Gasteiger partial charge on any atom is 0.220 e. The molecule has 0 radical (unpaired) electrons. The van der Waals surface area contributed by atoms with Crippen molar-refractivity contribution in [3.8, 4) is 0 Å². The van der Waals surface area contributed by atoms with E-state index in [9.17, 15) is 9.59 Å². The third kappa shape index (κ3) is 1.45. The Balaban J connectivity index is 2.13. The molecular formula is C11H17NO2. The van der Waals surface area contributed by atoms with Gasteiger partial charge < -0.3 is 4.90 Å². The Bertz CT molecular complexity index is 281. The predicted octanol–water partition coefficient (Wildman–Crippen LogP) is 1.37. The Morgan fingerprint density at radius 3 is 2.50 bits per heavy atom. The van der Waals surface area contributed by atoms with Crippen LogP contribution in [0.3, 0.4) is 0 Å². The van der Waals surface area contributed by atoms with Crippen LogP contribution in [0.2, 0.25) is 0 Å². The van der Waals surface area contributed by atoms with Gasteiger partial charge in [-0.25, -0.2) is 0 Å². The fourth-order valence-corrected chi connectivity index (χ4v) is 2.45. The second-order valence-electron chi connectivity index (χ2n) is 4.69. The molecule has 1 saturated heterocycles. The molecule has 1 aliphatic heterocycles. The van der Waals surface area contributed by atoms with Crippen LogP contribution >= 0.6 is 0 Å². The molecule has 1 spiro atoms. The molecule has 3 nitrogen and oxygen atoms in total. The van der Waals surface area contributed by atoms with Gasteiger partial charge in [0.05, 0.1) is 6.04 Å². The topological polar surface area (TPSA) is 37.4 Å². The van der Waals surface area contributed by atoms with Gasteiger partial charge in [-0.1, -0.05) is 6.92 Å². The molecule has 1 amide bonds. The van der Waals surface area contributed by atoms with Crippen LogP contribution in [0, 0.1) is 5.41 Å². The highest BCUT2D eigenvalue weighted by atomic mass is 16.2. The van der Waals surface area contributed by atoms with Gasteiger partial charge in [0, 0.05) is 19.9 Å². The van der Waals surface area contributed by atoms with Crippen molar-refractivity contribution >= 4 is 11.7 Å². The van der Waals surface area contributed by atoms with Crippen LogP contribution in [0.15, 0.2) is 0 Å². The van der Waals surface area contributed by atoms with Crippen molar-refractivity contribution in [3.63, 3.8) is 0 Å². The summed E-state index contributed by atoms with van der Waals surface area (Å²) in [5, 5.41) is 0. The van der Waals surface area contributed by atoms with Gasteiger partial charge >= 0.3 is 0 Å². The molecule has 0 aromatic rings. The summed E-state index contributed by atoms with van der Waals surface area (Å²) in [5.41, 5.74) is 0.334. The molecule has 1 saturated carbocycles. The normalized spacial score (nSPS) is 28.1. The second-order valence-corrected chi connectivity index (χ2v) is 4.69. The van der Waals surface area contributed by atoms with Crippen molar-refractivity contribution in [2.75, 3.05) is 6.54 Å². The van der Waals surface area contributed by atoms with Crippen molar-refractivity contribution in [2.24, 2.45) is 5.41 Å². The summed E-state index contributed by atoms with van der Waals surface area (Å²) >= 11 is 0. The van der Waals surface area contributed by atoms with Crippen molar-refractivity contribution in [3.05, 3.63) is 0 Å². The molecular weight excluding hydrogens is 178 g/mol. The first kappa shape index (κ1) is 9.69. The summed E-state index contributed by atoms with van der Waals surface area (Å²) in [7, 11) is 0. The molecule has 14 heavy (non-hydrogen) atoms. The van der Waals surface area contributed by atoms with E-state index in [2.05, 4.69) is 0 Å². The largest absolute Gasteiger partial charge is 0.332 e. The van der Waals surface area contributed by atoms with Crippen LogP contribution in [-0.2, 0) is 9.59 Å². The average Bonchev–Trinajstić information content (AvgIpc) is 2.76. The van der Waals surface area contributed by atoms with Crippen molar-refractivity contribution < 1.29 is 9.59 Å². The number of amides is 1. The highest BCUT2D eigenvalue weighted by molar-refractivity contribution is 5.89. The number of carbonyl (C=O) groups excluding carboxylic acids is 2. The fraction of sp³-hybridized carbons (Fsp3) is 0.818. The lowest BCUT2D eigenvalue weighted by Crippen LogP contribution is -2.38. The van der Waals surface area contributed by atoms with E-state index < -0.39 is 0 Å². The lowest BCUT2D eigenvalue weighted by atomic mass is 10.00. The minimum Gasteiger partial charge on any atom is -0.332 e. The fourth-order valence-electron chi connectivity index (χ4n) is 2.45. The highest BCUT2D eigenvalue weighted by Gasteiger charge is 2.54. The Kier molecular flexibility index (Phi) is 2.13. The Morgan fingerprint density at radius 1 is 1.43 bits per heavy atom. The molecule has 1 heterocycles. The second kappa shape index (κ2) is 3.07. The molecule has 0 bridgehead atoms. The number of hydrogen-bond donors (Lipinski definition) is 0. The minimum absolute atomic E-state index is 0.0561. The molecule has 1 atom stereocenters. The predicted molar refractivity (Wildman–Crippen MR) is 52.8 cm³/mol. The summed E-state index contributed by atoms with van der Waals surface area (Å²) in [6.07, 6.45) is 3.86. The van der Waals surface area contributed by atoms with Gasteiger partial charge in [0.2, 0.25) is 5.91 Å². The number of ketones is 1. The van der Waals surface area contributed by atoms with Gasteiger partial charge in [-0.2, -0.15) is 0 Å². The third-order valence-corrected chi connectivity index (χ3v) is 3.59. The maximum absolute atomic E-state index is 11.7. The Morgan fingerprint density at radius 2 is 2.07 bits per heavy atom. The van der Waals surface area contributed by atoms with Gasteiger partial charge in [-0.3, -0.25) is 9.59 Å². The average molecular weight is 195 g/mol. The van der Waals surface area contributed by atoms with E-state index in [0.29, 0.717) is 11.8 Å². The quantitative estimate of drug-likeness (QED) is 0.667. The van der Waals surface area contributed by atoms with E-state index in [1.165, 1.54) is 12.8 Å². The monoisotopic (exact) mass is 195 g/mol. The highest BCUT2D eigenvalue weighted by Crippen LogP contribution is 2.54. The van der Waals surface area contributed by atoms with E-state index in [1.54, 1.807) is 11.8 Å². The molecule has 78 valence electrons. The van der Waals surface area contributed by atoms with Crippen molar-refractivity contribution in [1.29, 1.82) is 0 Å². The van der Waals surface area contributed by atoms with E-state index in [1.807, 2.05) is 6.92 Å². The SMILES string of the molecule is CCC(=O)[C@@H]1CC2(CC2)CN1C(C)=O. The lowest BCUT2D eigenvalue weighted by molar-refractivity contribution is -0.135. The summed E-state index contributed by atoms with van der Waals surface area (Å²) in [4.78, 5) is 24.8. The number of Topliss-reactive ketones (excluding diaryl/α,β-unsaturated/α-hetero) is 1. The van der Waals surface area contributed by atoms with Gasteiger partial charge in [-0.05, 0) is 24.7 Å². The number of nitrogens with zero attached hydrogens (tertiary/aromatic N) is 1.